The van der Waals surface area contributed by atoms with Crippen LogP contribution in [-0.2, 0) is 0 Å². The summed E-state index contributed by atoms with van der Waals surface area (Å²) in [5.41, 5.74) is 0.978. The summed E-state index contributed by atoms with van der Waals surface area (Å²) in [5, 5.41) is 4.14. The minimum atomic E-state index is 0.410. The first-order valence-electron chi connectivity index (χ1n) is 6.34. The molecule has 0 aliphatic carbocycles. The maximum Gasteiger partial charge on any atom is 0.0820 e. The fraction of sp³-hybridized carbons (Fsp3) is 0.615. The van der Waals surface area contributed by atoms with Crippen LogP contribution in [0.1, 0.15) is 26.2 Å². The lowest BCUT2D eigenvalue weighted by molar-refractivity contribution is 0.223. The summed E-state index contributed by atoms with van der Waals surface area (Å²) in [6.07, 6.45) is 7.50. The van der Waals surface area contributed by atoms with E-state index in [1.54, 1.807) is 12.4 Å². The molecule has 0 aromatic carbocycles. The molecule has 1 saturated heterocycles. The van der Waals surface area contributed by atoms with E-state index in [0.717, 1.165) is 12.2 Å². The monoisotopic (exact) mass is 253 g/mol. The van der Waals surface area contributed by atoms with Gasteiger partial charge in [-0.1, -0.05) is 18.0 Å². The van der Waals surface area contributed by atoms with Gasteiger partial charge in [0.1, 0.15) is 0 Å². The molecule has 1 aliphatic heterocycles. The third-order valence-electron chi connectivity index (χ3n) is 3.16. The van der Waals surface area contributed by atoms with E-state index in [4.69, 9.17) is 11.6 Å². The van der Waals surface area contributed by atoms with Crippen molar-refractivity contribution in [3.8, 4) is 0 Å². The van der Waals surface area contributed by atoms with Gasteiger partial charge in [0.25, 0.3) is 0 Å². The van der Waals surface area contributed by atoms with E-state index in [0.29, 0.717) is 11.1 Å². The predicted molar refractivity (Wildman–Crippen MR) is 72.6 cm³/mol. The van der Waals surface area contributed by atoms with Gasteiger partial charge in [-0.2, -0.15) is 0 Å². The summed E-state index contributed by atoms with van der Waals surface area (Å²) in [4.78, 5) is 6.51. The molecule has 0 bridgehead atoms. The Bertz CT molecular complexity index is 350. The number of hydrogen-bond acceptors (Lipinski definition) is 3. The van der Waals surface area contributed by atoms with Crippen molar-refractivity contribution in [2.45, 2.75) is 32.2 Å². The van der Waals surface area contributed by atoms with E-state index in [-0.39, 0.29) is 0 Å². The Hall–Kier alpha value is -0.800. The molecule has 1 fully saturated rings. The second-order valence-corrected chi connectivity index (χ2v) is 5.17. The van der Waals surface area contributed by atoms with Gasteiger partial charge >= 0.3 is 0 Å². The molecule has 1 N–H and O–H groups in total. The van der Waals surface area contributed by atoms with Crippen LogP contribution in [0.5, 0.6) is 0 Å². The van der Waals surface area contributed by atoms with Crippen LogP contribution in [0, 0.1) is 0 Å². The van der Waals surface area contributed by atoms with Crippen LogP contribution in [0.25, 0.3) is 0 Å². The molecule has 94 valence electrons. The smallest absolute Gasteiger partial charge is 0.0820 e. The highest BCUT2D eigenvalue weighted by molar-refractivity contribution is 6.33. The van der Waals surface area contributed by atoms with Crippen LogP contribution in [0.15, 0.2) is 18.5 Å². The molecule has 0 saturated carbocycles. The quantitative estimate of drug-likeness (QED) is 0.894. The predicted octanol–water partition coefficient (Wildman–Crippen LogP) is 3.02. The summed E-state index contributed by atoms with van der Waals surface area (Å²) in [5.74, 6) is 0. The molecule has 2 rings (SSSR count). The molecule has 2 heterocycles. The first-order valence-corrected chi connectivity index (χ1v) is 6.72. The van der Waals surface area contributed by atoms with Crippen LogP contribution in [0.4, 0.5) is 5.69 Å². The third-order valence-corrected chi connectivity index (χ3v) is 3.46. The Labute approximate surface area is 108 Å². The van der Waals surface area contributed by atoms with Gasteiger partial charge in [0, 0.05) is 25.0 Å². The third kappa shape index (κ3) is 3.86. The molecular weight excluding hydrogens is 234 g/mol. The molecule has 4 heteroatoms. The van der Waals surface area contributed by atoms with E-state index in [2.05, 4.69) is 22.1 Å². The molecule has 1 unspecified atom stereocenters. The summed E-state index contributed by atoms with van der Waals surface area (Å²) in [7, 11) is 0. The summed E-state index contributed by atoms with van der Waals surface area (Å²) < 4.78 is 0. The van der Waals surface area contributed by atoms with Crippen molar-refractivity contribution >= 4 is 17.3 Å². The van der Waals surface area contributed by atoms with Crippen LogP contribution in [-0.4, -0.2) is 35.6 Å². The molecule has 3 nitrogen and oxygen atoms in total. The van der Waals surface area contributed by atoms with Crippen molar-refractivity contribution in [2.24, 2.45) is 0 Å². The van der Waals surface area contributed by atoms with Gasteiger partial charge in [0.15, 0.2) is 0 Å². The highest BCUT2D eigenvalue weighted by atomic mass is 35.5. The van der Waals surface area contributed by atoms with E-state index in [1.165, 1.54) is 32.4 Å². The van der Waals surface area contributed by atoms with Crippen LogP contribution < -0.4 is 5.32 Å². The number of rotatable bonds is 4. The fourth-order valence-electron chi connectivity index (χ4n) is 2.33. The van der Waals surface area contributed by atoms with Crippen molar-refractivity contribution in [1.82, 2.24) is 9.88 Å². The molecular formula is C13H20ClN3. The minimum absolute atomic E-state index is 0.410. The zero-order valence-electron chi connectivity index (χ0n) is 10.3. The molecule has 1 aromatic rings. The molecule has 1 atom stereocenters. The maximum absolute atomic E-state index is 6.07. The average molecular weight is 254 g/mol. The van der Waals surface area contributed by atoms with Gasteiger partial charge in [-0.3, -0.25) is 4.98 Å². The number of likely N-dealkylation sites (tertiary alicyclic amines) is 1. The summed E-state index contributed by atoms with van der Waals surface area (Å²) >= 11 is 6.07. The topological polar surface area (TPSA) is 28.2 Å². The number of anilines is 1. The number of hydrogen-bond donors (Lipinski definition) is 1. The number of aromatic nitrogens is 1. The zero-order chi connectivity index (χ0) is 12.1. The Morgan fingerprint density at radius 3 is 2.88 bits per heavy atom. The van der Waals surface area contributed by atoms with Gasteiger partial charge < -0.3 is 10.2 Å². The second-order valence-electron chi connectivity index (χ2n) is 4.76. The Balaban J connectivity index is 1.84. The van der Waals surface area contributed by atoms with Gasteiger partial charge in [-0.05, 0) is 38.9 Å². The number of piperidine rings is 1. The van der Waals surface area contributed by atoms with Crippen LogP contribution >= 0.6 is 11.6 Å². The zero-order valence-corrected chi connectivity index (χ0v) is 11.1. The van der Waals surface area contributed by atoms with Gasteiger partial charge in [-0.25, -0.2) is 0 Å². The van der Waals surface area contributed by atoms with Crippen LogP contribution in [0.3, 0.4) is 0 Å². The van der Waals surface area contributed by atoms with Crippen molar-refractivity contribution < 1.29 is 0 Å². The number of halogens is 1. The summed E-state index contributed by atoms with van der Waals surface area (Å²) in [6.45, 7) is 5.75. The fourth-order valence-corrected chi connectivity index (χ4v) is 2.51. The highest BCUT2D eigenvalue weighted by Gasteiger charge is 2.13. The van der Waals surface area contributed by atoms with Gasteiger partial charge in [-0.15, -0.1) is 0 Å². The number of nitrogens with one attached hydrogen (secondary N) is 1. The average Bonchev–Trinajstić information content (AvgIpc) is 2.33. The first-order chi connectivity index (χ1) is 8.25. The van der Waals surface area contributed by atoms with Gasteiger partial charge in [0.2, 0.25) is 0 Å². The Kier molecular flexibility index (Phi) is 4.63. The minimum Gasteiger partial charge on any atom is -0.380 e. The molecule has 1 aromatic heterocycles. The normalized spacial score (nSPS) is 18.9. The lowest BCUT2D eigenvalue weighted by Gasteiger charge is -2.29. The second kappa shape index (κ2) is 6.22. The lowest BCUT2D eigenvalue weighted by Crippen LogP contribution is -2.38. The molecule has 0 spiro atoms. The standard InChI is InChI=1S/C13H20ClN3/c1-11(10-17-7-3-2-4-8-17)16-13-5-6-15-9-12(13)14/h5-6,9,11H,2-4,7-8,10H2,1H3,(H,15,16). The van der Waals surface area contributed by atoms with Crippen LogP contribution in [0.2, 0.25) is 5.02 Å². The Morgan fingerprint density at radius 2 is 2.18 bits per heavy atom. The molecule has 1 aliphatic rings. The Morgan fingerprint density at radius 1 is 1.41 bits per heavy atom. The largest absolute Gasteiger partial charge is 0.380 e. The van der Waals surface area contributed by atoms with Crippen molar-refractivity contribution in [2.75, 3.05) is 25.0 Å². The van der Waals surface area contributed by atoms with E-state index in [9.17, 15) is 0 Å². The number of nitrogens with zero attached hydrogens (tertiary/aromatic N) is 2. The molecule has 17 heavy (non-hydrogen) atoms. The van der Waals surface area contributed by atoms with Crippen molar-refractivity contribution in [3.63, 3.8) is 0 Å². The SMILES string of the molecule is CC(CN1CCCCC1)Nc1ccncc1Cl. The van der Waals surface area contributed by atoms with Crippen molar-refractivity contribution in [3.05, 3.63) is 23.5 Å². The first kappa shape index (κ1) is 12.7. The van der Waals surface area contributed by atoms with Gasteiger partial charge in [0.05, 0.1) is 10.7 Å². The summed E-state index contributed by atoms with van der Waals surface area (Å²) in [6, 6.07) is 2.34. The molecule has 0 amide bonds. The van der Waals surface area contributed by atoms with E-state index in [1.807, 2.05) is 6.07 Å². The maximum atomic E-state index is 6.07. The van der Waals surface area contributed by atoms with E-state index < -0.39 is 0 Å². The molecule has 0 radical (unpaired) electrons. The van der Waals surface area contributed by atoms with Crippen molar-refractivity contribution in [1.29, 1.82) is 0 Å². The highest BCUT2D eigenvalue weighted by Crippen LogP contribution is 2.20. The lowest BCUT2D eigenvalue weighted by atomic mass is 10.1. The number of pyridine rings is 1. The van der Waals surface area contributed by atoms with E-state index >= 15 is 0 Å².